The molecule has 1 aromatic heterocycles. The second kappa shape index (κ2) is 9.04. The fourth-order valence-corrected chi connectivity index (χ4v) is 3.63. The van der Waals surface area contributed by atoms with E-state index < -0.39 is 0 Å². The van der Waals surface area contributed by atoms with Crippen LogP contribution in [0.25, 0.3) is 11.3 Å². The molecule has 1 aliphatic carbocycles. The number of rotatable bonds is 6. The molecule has 4 rings (SSSR count). The van der Waals surface area contributed by atoms with Gasteiger partial charge < -0.3 is 15.7 Å². The number of phenolic OH excluding ortho intramolecular Hbond substituents is 1. The van der Waals surface area contributed by atoms with E-state index in [-0.39, 0.29) is 23.7 Å². The van der Waals surface area contributed by atoms with Gasteiger partial charge in [-0.1, -0.05) is 30.7 Å². The maximum absolute atomic E-state index is 12.7. The van der Waals surface area contributed by atoms with E-state index in [0.29, 0.717) is 33.4 Å². The molecule has 1 heterocycles. The number of halogens is 1. The number of hydrogen-bond acceptors (Lipinski definition) is 4. The van der Waals surface area contributed by atoms with E-state index in [4.69, 9.17) is 11.6 Å². The van der Waals surface area contributed by atoms with Crippen molar-refractivity contribution in [2.45, 2.75) is 45.1 Å². The Morgan fingerprint density at radius 2 is 1.97 bits per heavy atom. The number of aromatic nitrogens is 2. The maximum Gasteiger partial charge on any atom is 0.342 e. The summed E-state index contributed by atoms with van der Waals surface area (Å²) in [6.45, 7) is 3.95. The molecule has 1 saturated carbocycles. The first-order valence-electron chi connectivity index (χ1n) is 10.7. The van der Waals surface area contributed by atoms with Crippen LogP contribution in [0.2, 0.25) is 5.02 Å². The molecular formula is C24H25ClN4O3. The zero-order valence-electron chi connectivity index (χ0n) is 17.9. The third kappa shape index (κ3) is 4.62. The number of carbonyl (C=O) groups excluding carboxylic acids is 2. The number of benzene rings is 2. The fourth-order valence-electron chi connectivity index (χ4n) is 3.40. The number of nitrogens with one attached hydrogen (secondary N) is 2. The molecule has 1 fully saturated rings. The van der Waals surface area contributed by atoms with Gasteiger partial charge in [-0.3, -0.25) is 4.79 Å². The average molecular weight is 453 g/mol. The van der Waals surface area contributed by atoms with Crippen molar-refractivity contribution in [3.63, 3.8) is 0 Å². The Morgan fingerprint density at radius 1 is 1.22 bits per heavy atom. The van der Waals surface area contributed by atoms with Gasteiger partial charge in [-0.25, -0.2) is 4.79 Å². The molecule has 0 radical (unpaired) electrons. The van der Waals surface area contributed by atoms with E-state index in [1.54, 1.807) is 36.4 Å². The Bertz CT molecular complexity index is 1170. The Morgan fingerprint density at radius 3 is 2.62 bits per heavy atom. The SMILES string of the molecule is CCC(C)NC(=O)n1nc(-c2ccc(NC(=O)c3ccccc3Cl)cc2O)cc1C1CC1. The van der Waals surface area contributed by atoms with Crippen molar-refractivity contribution in [1.82, 2.24) is 15.1 Å². The lowest BCUT2D eigenvalue weighted by atomic mass is 10.1. The third-order valence-electron chi connectivity index (χ3n) is 5.56. The number of anilines is 1. The van der Waals surface area contributed by atoms with Gasteiger partial charge >= 0.3 is 6.03 Å². The highest BCUT2D eigenvalue weighted by Gasteiger charge is 2.31. The molecule has 0 spiro atoms. The zero-order valence-corrected chi connectivity index (χ0v) is 18.7. The van der Waals surface area contributed by atoms with E-state index in [1.165, 1.54) is 10.7 Å². The zero-order chi connectivity index (χ0) is 22.8. The maximum atomic E-state index is 12.7. The summed E-state index contributed by atoms with van der Waals surface area (Å²) < 4.78 is 1.41. The summed E-state index contributed by atoms with van der Waals surface area (Å²) in [5.41, 5.74) is 2.60. The van der Waals surface area contributed by atoms with Crippen LogP contribution >= 0.6 is 11.6 Å². The van der Waals surface area contributed by atoms with Crippen molar-refractivity contribution in [2.75, 3.05) is 5.32 Å². The van der Waals surface area contributed by atoms with Crippen LogP contribution < -0.4 is 10.6 Å². The quantitative estimate of drug-likeness (QED) is 0.466. The van der Waals surface area contributed by atoms with Crippen LogP contribution in [0, 0.1) is 0 Å². The van der Waals surface area contributed by atoms with Gasteiger partial charge in [0.25, 0.3) is 5.91 Å². The highest BCUT2D eigenvalue weighted by atomic mass is 35.5. The number of aromatic hydroxyl groups is 1. The lowest BCUT2D eigenvalue weighted by Crippen LogP contribution is -2.36. The predicted octanol–water partition coefficient (Wildman–Crippen LogP) is 5.40. The minimum atomic E-state index is -0.371. The number of nitrogens with zero attached hydrogens (tertiary/aromatic N) is 2. The van der Waals surface area contributed by atoms with Crippen molar-refractivity contribution in [3.05, 3.63) is 64.8 Å². The van der Waals surface area contributed by atoms with Gasteiger partial charge in [0.1, 0.15) is 5.75 Å². The van der Waals surface area contributed by atoms with Gasteiger partial charge in [-0.05, 0) is 56.5 Å². The topological polar surface area (TPSA) is 96.3 Å². The largest absolute Gasteiger partial charge is 0.507 e. The standard InChI is InChI=1S/C24H25ClN4O3/c1-3-14(2)26-24(32)29-21(15-8-9-15)13-20(28-29)18-11-10-16(12-22(18)30)27-23(31)17-6-4-5-7-19(17)25/h4-7,10-15,30H,3,8-9H2,1-2H3,(H,26,32)(H,27,31). The first-order chi connectivity index (χ1) is 15.4. The molecule has 0 bridgehead atoms. The number of phenols is 1. The smallest absolute Gasteiger partial charge is 0.342 e. The molecule has 2 amide bonds. The summed E-state index contributed by atoms with van der Waals surface area (Å²) in [7, 11) is 0. The van der Waals surface area contributed by atoms with E-state index >= 15 is 0 Å². The van der Waals surface area contributed by atoms with Gasteiger partial charge in [0.15, 0.2) is 0 Å². The van der Waals surface area contributed by atoms with Crippen LogP contribution in [0.3, 0.4) is 0 Å². The summed E-state index contributed by atoms with van der Waals surface area (Å²) in [5, 5.41) is 21.1. The van der Waals surface area contributed by atoms with Crippen molar-refractivity contribution in [3.8, 4) is 17.0 Å². The van der Waals surface area contributed by atoms with E-state index in [9.17, 15) is 14.7 Å². The summed E-state index contributed by atoms with van der Waals surface area (Å²) in [6, 6.07) is 13.2. The molecule has 7 nitrogen and oxygen atoms in total. The van der Waals surface area contributed by atoms with Gasteiger partial charge in [0.05, 0.1) is 22.0 Å². The van der Waals surface area contributed by atoms with E-state index in [1.807, 2.05) is 19.9 Å². The second-order valence-corrected chi connectivity index (χ2v) is 8.47. The molecule has 0 saturated heterocycles. The highest BCUT2D eigenvalue weighted by Crippen LogP contribution is 2.42. The van der Waals surface area contributed by atoms with Crippen LogP contribution in [0.15, 0.2) is 48.5 Å². The van der Waals surface area contributed by atoms with Crippen molar-refractivity contribution in [2.24, 2.45) is 0 Å². The molecule has 32 heavy (non-hydrogen) atoms. The molecule has 0 aliphatic heterocycles. The van der Waals surface area contributed by atoms with Crippen LogP contribution in [-0.2, 0) is 0 Å². The second-order valence-electron chi connectivity index (χ2n) is 8.07. The molecule has 1 unspecified atom stereocenters. The average Bonchev–Trinajstić information content (AvgIpc) is 3.52. The van der Waals surface area contributed by atoms with Gasteiger partial charge in [0.2, 0.25) is 0 Å². The molecule has 166 valence electrons. The van der Waals surface area contributed by atoms with Crippen molar-refractivity contribution in [1.29, 1.82) is 0 Å². The fraction of sp³-hybridized carbons (Fsp3) is 0.292. The van der Waals surface area contributed by atoms with Gasteiger partial charge in [0, 0.05) is 29.3 Å². The highest BCUT2D eigenvalue weighted by molar-refractivity contribution is 6.34. The number of hydrogen-bond donors (Lipinski definition) is 3. The predicted molar refractivity (Wildman–Crippen MR) is 124 cm³/mol. The van der Waals surface area contributed by atoms with Gasteiger partial charge in [-0.2, -0.15) is 9.78 Å². The molecule has 1 atom stereocenters. The van der Waals surface area contributed by atoms with Crippen LogP contribution in [-0.4, -0.2) is 32.9 Å². The van der Waals surface area contributed by atoms with E-state index in [2.05, 4.69) is 15.7 Å². The molecule has 8 heteroatoms. The lowest BCUT2D eigenvalue weighted by Gasteiger charge is -2.12. The van der Waals surface area contributed by atoms with Crippen LogP contribution in [0.4, 0.5) is 10.5 Å². The molecule has 3 aromatic rings. The Kier molecular flexibility index (Phi) is 6.19. The van der Waals surface area contributed by atoms with Crippen LogP contribution in [0.5, 0.6) is 5.75 Å². The summed E-state index contributed by atoms with van der Waals surface area (Å²) >= 11 is 6.08. The van der Waals surface area contributed by atoms with Gasteiger partial charge in [-0.15, -0.1) is 0 Å². The summed E-state index contributed by atoms with van der Waals surface area (Å²) in [6.07, 6.45) is 2.85. The van der Waals surface area contributed by atoms with Crippen molar-refractivity contribution < 1.29 is 14.7 Å². The van der Waals surface area contributed by atoms with E-state index in [0.717, 1.165) is 25.0 Å². The normalized spacial score (nSPS) is 14.1. The lowest BCUT2D eigenvalue weighted by molar-refractivity contribution is 0.102. The minimum absolute atomic E-state index is 0.0385. The number of carbonyl (C=O) groups is 2. The molecule has 2 aromatic carbocycles. The van der Waals surface area contributed by atoms with Crippen LogP contribution in [0.1, 0.15) is 55.1 Å². The summed E-state index contributed by atoms with van der Waals surface area (Å²) in [5.74, 6) is -0.115. The molecular weight excluding hydrogens is 428 g/mol. The number of amides is 2. The molecule has 1 aliphatic rings. The third-order valence-corrected chi connectivity index (χ3v) is 5.89. The van der Waals surface area contributed by atoms with Crippen molar-refractivity contribution >= 4 is 29.2 Å². The first-order valence-corrected chi connectivity index (χ1v) is 11.0. The monoisotopic (exact) mass is 452 g/mol. The Hall–Kier alpha value is -3.32. The molecule has 3 N–H and O–H groups in total. The minimum Gasteiger partial charge on any atom is -0.507 e. The summed E-state index contributed by atoms with van der Waals surface area (Å²) in [4.78, 5) is 25.2. The Balaban J connectivity index is 1.58. The Labute approximate surface area is 191 Å². The first kappa shape index (κ1) is 21.9.